The van der Waals surface area contributed by atoms with Gasteiger partial charge in [-0.15, -0.1) is 11.3 Å². The number of hydrogen-bond acceptors (Lipinski definition) is 3. The Bertz CT molecular complexity index is 4500. The Morgan fingerprint density at radius 2 is 0.853 bits per heavy atom. The summed E-state index contributed by atoms with van der Waals surface area (Å²) >= 11 is 1.84. The fourth-order valence-electron chi connectivity index (χ4n) is 11.3. The summed E-state index contributed by atoms with van der Waals surface area (Å²) in [6.07, 6.45) is 0. The zero-order valence-corrected chi connectivity index (χ0v) is 37.4. The maximum atomic E-state index is 5.85. The molecular weight excluding hydrogens is 843 g/mol. The van der Waals surface area contributed by atoms with Crippen molar-refractivity contribution in [3.8, 4) is 39.6 Å². The second kappa shape index (κ2) is 14.4. The van der Waals surface area contributed by atoms with Crippen molar-refractivity contribution < 1.29 is 0 Å². The summed E-state index contributed by atoms with van der Waals surface area (Å²) in [6.45, 7) is 0. The molecule has 0 saturated heterocycles. The summed E-state index contributed by atoms with van der Waals surface area (Å²) in [5.41, 5.74) is 8.31. The summed E-state index contributed by atoms with van der Waals surface area (Å²) in [7, 11) is 0. The van der Waals surface area contributed by atoms with Gasteiger partial charge >= 0.3 is 0 Å². The predicted octanol–water partition coefficient (Wildman–Crippen LogP) is 17.9. The third-order valence-electron chi connectivity index (χ3n) is 14.3. The first-order valence-electron chi connectivity index (χ1n) is 23.2. The average Bonchev–Trinajstić information content (AvgIpc) is 3.94. The van der Waals surface area contributed by atoms with Crippen LogP contribution >= 0.6 is 11.3 Å². The highest BCUT2D eigenvalue weighted by atomic mass is 32.1. The lowest BCUT2D eigenvalue weighted by Crippen LogP contribution is -2.02. The van der Waals surface area contributed by atoms with Gasteiger partial charge in [-0.3, -0.25) is 0 Å². The molecule has 12 aromatic carbocycles. The number of rotatable bonds is 4. The standard InChI is InChI=1S/C64H37N3S/c1-2-17-40-36-58-53(33-39(40)16-1)61-45-22-8-3-15-38(45)29-30-56(61)67(58)57-31-32-60-62(50-27-13-14-28-59(50)68-60)63(57)55-37-54(51-34-41-18-4-6-20-43(41)46-23-9-11-25-48(46)51)65-64(66-55)52-35-42-19-5-7-21-44(42)47-24-10-12-26-49(47)52/h1-37H. The molecular formula is C64H37N3S. The van der Waals surface area contributed by atoms with Crippen LogP contribution in [-0.2, 0) is 0 Å². The van der Waals surface area contributed by atoms with Crippen molar-refractivity contribution in [2.24, 2.45) is 0 Å². The Balaban J connectivity index is 1.13. The summed E-state index contributed by atoms with van der Waals surface area (Å²) in [5.74, 6) is 0.693. The lowest BCUT2D eigenvalue weighted by atomic mass is 9.93. The zero-order chi connectivity index (χ0) is 44.5. The van der Waals surface area contributed by atoms with Gasteiger partial charge in [-0.1, -0.05) is 170 Å². The highest BCUT2D eigenvalue weighted by Crippen LogP contribution is 2.48. The minimum atomic E-state index is 0.693. The van der Waals surface area contributed by atoms with Gasteiger partial charge in [0.05, 0.1) is 28.1 Å². The van der Waals surface area contributed by atoms with Crippen LogP contribution in [0, 0.1) is 0 Å². The fraction of sp³-hybridized carbons (Fsp3) is 0. The van der Waals surface area contributed by atoms with Crippen LogP contribution in [0.5, 0.6) is 0 Å². The lowest BCUT2D eigenvalue weighted by Gasteiger charge is -2.18. The summed E-state index contributed by atoms with van der Waals surface area (Å²) < 4.78 is 4.98. The Hall–Kier alpha value is -8.70. The van der Waals surface area contributed by atoms with E-state index < -0.39 is 0 Å². The summed E-state index contributed by atoms with van der Waals surface area (Å²) in [6, 6.07) is 82.2. The van der Waals surface area contributed by atoms with Crippen LogP contribution in [0.3, 0.4) is 0 Å². The minimum Gasteiger partial charge on any atom is -0.308 e. The van der Waals surface area contributed by atoms with E-state index in [2.05, 4.69) is 229 Å². The third kappa shape index (κ3) is 5.47. The van der Waals surface area contributed by atoms with Crippen molar-refractivity contribution in [1.82, 2.24) is 14.5 Å². The van der Waals surface area contributed by atoms with E-state index in [-0.39, 0.29) is 0 Å². The van der Waals surface area contributed by atoms with E-state index >= 15 is 0 Å². The minimum absolute atomic E-state index is 0.693. The first-order chi connectivity index (χ1) is 33.7. The van der Waals surface area contributed by atoms with E-state index in [9.17, 15) is 0 Å². The summed E-state index contributed by atoms with van der Waals surface area (Å²) in [5, 5.41) is 19.2. The van der Waals surface area contributed by atoms with Crippen LogP contribution in [0.4, 0.5) is 0 Å². The molecule has 68 heavy (non-hydrogen) atoms. The molecule has 0 saturated carbocycles. The molecule has 0 aliphatic heterocycles. The van der Waals surface area contributed by atoms with E-state index in [4.69, 9.17) is 9.97 Å². The van der Waals surface area contributed by atoms with Gasteiger partial charge in [0, 0.05) is 47.6 Å². The number of hydrogen-bond donors (Lipinski definition) is 0. The van der Waals surface area contributed by atoms with Crippen LogP contribution in [0.2, 0.25) is 0 Å². The number of aromatic nitrogens is 3. The van der Waals surface area contributed by atoms with Gasteiger partial charge in [0.25, 0.3) is 0 Å². The van der Waals surface area contributed by atoms with Crippen LogP contribution in [0.15, 0.2) is 224 Å². The summed E-state index contributed by atoms with van der Waals surface area (Å²) in [4.78, 5) is 11.5. The predicted molar refractivity (Wildman–Crippen MR) is 291 cm³/mol. The second-order valence-corrected chi connectivity index (χ2v) is 19.1. The van der Waals surface area contributed by atoms with Crippen LogP contribution in [0.25, 0.3) is 146 Å². The first kappa shape index (κ1) is 37.5. The van der Waals surface area contributed by atoms with Crippen molar-refractivity contribution in [2.75, 3.05) is 0 Å². The fourth-order valence-corrected chi connectivity index (χ4v) is 12.4. The van der Waals surface area contributed by atoms with Gasteiger partial charge in [-0.05, 0) is 119 Å². The van der Waals surface area contributed by atoms with Gasteiger partial charge in [-0.25, -0.2) is 9.97 Å². The van der Waals surface area contributed by atoms with Crippen LogP contribution in [-0.4, -0.2) is 14.5 Å². The smallest absolute Gasteiger partial charge is 0.161 e. The van der Waals surface area contributed by atoms with Gasteiger partial charge < -0.3 is 4.57 Å². The van der Waals surface area contributed by atoms with E-state index in [1.165, 1.54) is 79.4 Å². The second-order valence-electron chi connectivity index (χ2n) is 18.0. The molecule has 3 nitrogen and oxygen atoms in total. The molecule has 0 unspecified atom stereocenters. The van der Waals surface area contributed by atoms with Crippen molar-refractivity contribution >= 4 is 118 Å². The Labute approximate surface area is 394 Å². The van der Waals surface area contributed by atoms with Gasteiger partial charge in [0.2, 0.25) is 0 Å². The number of fused-ring (bicyclic) bond motifs is 15. The molecule has 0 spiro atoms. The van der Waals surface area contributed by atoms with Gasteiger partial charge in [-0.2, -0.15) is 0 Å². The number of thiophene rings is 1. The molecule has 0 aliphatic carbocycles. The lowest BCUT2D eigenvalue weighted by molar-refractivity contribution is 1.16. The van der Waals surface area contributed by atoms with Crippen LogP contribution < -0.4 is 0 Å². The Morgan fingerprint density at radius 1 is 0.309 bits per heavy atom. The van der Waals surface area contributed by atoms with E-state index in [0.717, 1.165) is 61.0 Å². The molecule has 0 aliphatic rings. The highest BCUT2D eigenvalue weighted by molar-refractivity contribution is 7.26. The van der Waals surface area contributed by atoms with E-state index in [1.807, 2.05) is 11.3 Å². The Morgan fingerprint density at radius 3 is 1.57 bits per heavy atom. The van der Waals surface area contributed by atoms with Crippen molar-refractivity contribution in [3.05, 3.63) is 224 Å². The molecule has 314 valence electrons. The largest absolute Gasteiger partial charge is 0.308 e. The molecule has 0 fully saturated rings. The topological polar surface area (TPSA) is 30.7 Å². The molecule has 0 radical (unpaired) electrons. The normalized spacial score (nSPS) is 12.1. The van der Waals surface area contributed by atoms with Crippen molar-refractivity contribution in [3.63, 3.8) is 0 Å². The molecule has 0 atom stereocenters. The molecule has 0 N–H and O–H groups in total. The molecule has 4 heteroatoms. The number of nitrogens with zero attached hydrogens (tertiary/aromatic N) is 3. The maximum absolute atomic E-state index is 5.85. The third-order valence-corrected chi connectivity index (χ3v) is 15.5. The quantitative estimate of drug-likeness (QED) is 0.165. The zero-order valence-electron chi connectivity index (χ0n) is 36.6. The molecule has 3 heterocycles. The van der Waals surface area contributed by atoms with Crippen molar-refractivity contribution in [1.29, 1.82) is 0 Å². The molecule has 15 aromatic rings. The maximum Gasteiger partial charge on any atom is 0.161 e. The molecule has 0 bridgehead atoms. The van der Waals surface area contributed by atoms with Crippen molar-refractivity contribution in [2.45, 2.75) is 0 Å². The highest BCUT2D eigenvalue weighted by Gasteiger charge is 2.25. The van der Waals surface area contributed by atoms with Gasteiger partial charge in [0.15, 0.2) is 5.82 Å². The molecule has 0 amide bonds. The average molecular weight is 880 g/mol. The van der Waals surface area contributed by atoms with Crippen LogP contribution in [0.1, 0.15) is 0 Å². The monoisotopic (exact) mass is 879 g/mol. The Kier molecular flexibility index (Phi) is 7.94. The SMILES string of the molecule is c1ccc2cc3c(cc2c1)c1c2ccccc2ccc1n3-c1ccc2sc3ccccc3c2c1-c1cc(-c2cc3ccccc3c3ccccc23)nc(-c2cc3ccccc3c3ccccc23)n1. The first-order valence-corrected chi connectivity index (χ1v) is 24.0. The molecule has 3 aromatic heterocycles. The van der Waals surface area contributed by atoms with E-state index in [0.29, 0.717) is 5.82 Å². The van der Waals surface area contributed by atoms with E-state index in [1.54, 1.807) is 0 Å². The number of benzene rings is 12. The molecule has 15 rings (SSSR count). The van der Waals surface area contributed by atoms with Gasteiger partial charge in [0.1, 0.15) is 0 Å².